The fraction of sp³-hybridized carbons (Fsp3) is 0.667. The van der Waals surface area contributed by atoms with E-state index in [0.29, 0.717) is 6.04 Å². The zero-order chi connectivity index (χ0) is 17.9. The first kappa shape index (κ1) is 18.5. The Labute approximate surface area is 167 Å². The first-order valence-electron chi connectivity index (χ1n) is 10.3. The number of piperidine rings is 2. The monoisotopic (exact) mass is 391 g/mol. The fourth-order valence-corrected chi connectivity index (χ4v) is 5.90. The lowest BCUT2D eigenvalue weighted by molar-refractivity contribution is -0.0195. The molecule has 1 aromatic carbocycles. The number of thiocarbonyl (C=S) groups is 1. The quantitative estimate of drug-likeness (QED) is 0.679. The first-order chi connectivity index (χ1) is 12.7. The fourth-order valence-electron chi connectivity index (χ4n) is 5.43. The van der Waals surface area contributed by atoms with Crippen LogP contribution in [0.1, 0.15) is 64.2 Å². The van der Waals surface area contributed by atoms with Gasteiger partial charge in [-0.1, -0.05) is 43.4 Å². The molecule has 142 valence electrons. The van der Waals surface area contributed by atoms with E-state index in [9.17, 15) is 0 Å². The summed E-state index contributed by atoms with van der Waals surface area (Å²) in [5.74, 6) is 0. The molecule has 0 radical (unpaired) electrons. The molecule has 3 fully saturated rings. The van der Waals surface area contributed by atoms with Gasteiger partial charge in [-0.25, -0.2) is 0 Å². The van der Waals surface area contributed by atoms with Crippen LogP contribution in [0, 0.1) is 0 Å². The number of hydrogen-bond donors (Lipinski definition) is 2. The van der Waals surface area contributed by atoms with Gasteiger partial charge in [-0.15, -0.1) is 0 Å². The van der Waals surface area contributed by atoms with Gasteiger partial charge in [-0.2, -0.15) is 0 Å². The summed E-state index contributed by atoms with van der Waals surface area (Å²) in [6.07, 6.45) is 13.7. The van der Waals surface area contributed by atoms with Crippen LogP contribution >= 0.6 is 23.8 Å². The molecule has 2 atom stereocenters. The van der Waals surface area contributed by atoms with Gasteiger partial charge < -0.3 is 10.6 Å². The third kappa shape index (κ3) is 4.35. The molecule has 2 heterocycles. The number of anilines is 1. The van der Waals surface area contributed by atoms with E-state index in [2.05, 4.69) is 15.5 Å². The van der Waals surface area contributed by atoms with E-state index in [1.165, 1.54) is 64.2 Å². The molecule has 2 saturated heterocycles. The van der Waals surface area contributed by atoms with Gasteiger partial charge in [0.1, 0.15) is 0 Å². The average molecular weight is 392 g/mol. The number of nitrogens with zero attached hydrogens (tertiary/aromatic N) is 1. The van der Waals surface area contributed by atoms with Gasteiger partial charge >= 0.3 is 0 Å². The number of benzene rings is 1. The maximum atomic E-state index is 6.07. The highest BCUT2D eigenvalue weighted by Crippen LogP contribution is 2.39. The van der Waals surface area contributed by atoms with Crippen molar-refractivity contribution in [3.8, 4) is 0 Å². The Morgan fingerprint density at radius 3 is 2.35 bits per heavy atom. The van der Waals surface area contributed by atoms with Crippen LogP contribution in [0.25, 0.3) is 0 Å². The molecule has 3 aliphatic rings. The first-order valence-corrected chi connectivity index (χ1v) is 11.1. The molecular formula is C21H30ClN3S. The smallest absolute Gasteiger partial charge is 0.170 e. The minimum Gasteiger partial charge on any atom is -0.360 e. The SMILES string of the molecule is S=C(Nc1cccc(Cl)c1)NC1CC2CCCC(C1)N2C1CCCCC1. The summed E-state index contributed by atoms with van der Waals surface area (Å²) in [6.45, 7) is 0. The van der Waals surface area contributed by atoms with Crippen LogP contribution in [0.3, 0.4) is 0 Å². The molecule has 2 unspecified atom stereocenters. The van der Waals surface area contributed by atoms with E-state index in [1.54, 1.807) is 0 Å². The number of hydrogen-bond acceptors (Lipinski definition) is 2. The van der Waals surface area contributed by atoms with E-state index in [1.807, 2.05) is 24.3 Å². The average Bonchev–Trinajstić information content (AvgIpc) is 2.61. The van der Waals surface area contributed by atoms with Gasteiger partial charge in [0.15, 0.2) is 5.11 Å². The molecular weight excluding hydrogens is 362 g/mol. The highest BCUT2D eigenvalue weighted by Gasteiger charge is 2.41. The Balaban J connectivity index is 1.35. The summed E-state index contributed by atoms with van der Waals surface area (Å²) < 4.78 is 0. The van der Waals surface area contributed by atoms with Gasteiger partial charge in [-0.3, -0.25) is 4.90 Å². The van der Waals surface area contributed by atoms with Crippen molar-refractivity contribution >= 4 is 34.6 Å². The molecule has 1 saturated carbocycles. The van der Waals surface area contributed by atoms with Crippen molar-refractivity contribution in [3.05, 3.63) is 29.3 Å². The molecule has 2 aliphatic heterocycles. The van der Waals surface area contributed by atoms with Crippen molar-refractivity contribution < 1.29 is 0 Å². The second kappa shape index (κ2) is 8.45. The van der Waals surface area contributed by atoms with E-state index < -0.39 is 0 Å². The van der Waals surface area contributed by atoms with Crippen LogP contribution < -0.4 is 10.6 Å². The molecule has 1 aliphatic carbocycles. The Kier molecular flexibility index (Phi) is 6.02. The van der Waals surface area contributed by atoms with Crippen LogP contribution in [0.2, 0.25) is 5.02 Å². The van der Waals surface area contributed by atoms with Gasteiger partial charge in [0, 0.05) is 34.9 Å². The molecule has 0 spiro atoms. The molecule has 5 heteroatoms. The Hall–Kier alpha value is -0.840. The van der Waals surface area contributed by atoms with Crippen LogP contribution in [0.15, 0.2) is 24.3 Å². The number of fused-ring (bicyclic) bond motifs is 2. The minimum atomic E-state index is 0.490. The minimum absolute atomic E-state index is 0.490. The van der Waals surface area contributed by atoms with Crippen LogP contribution in [-0.2, 0) is 0 Å². The highest BCUT2D eigenvalue weighted by atomic mass is 35.5. The summed E-state index contributed by atoms with van der Waals surface area (Å²) in [7, 11) is 0. The number of rotatable bonds is 3. The van der Waals surface area contributed by atoms with Crippen molar-refractivity contribution in [2.45, 2.75) is 88.4 Å². The topological polar surface area (TPSA) is 27.3 Å². The summed E-state index contributed by atoms with van der Waals surface area (Å²) in [4.78, 5) is 2.92. The third-order valence-corrected chi connectivity index (χ3v) is 6.90. The van der Waals surface area contributed by atoms with Crippen LogP contribution in [-0.4, -0.2) is 34.2 Å². The zero-order valence-electron chi connectivity index (χ0n) is 15.4. The summed E-state index contributed by atoms with van der Waals surface area (Å²) in [5.41, 5.74) is 0.954. The molecule has 2 bridgehead atoms. The van der Waals surface area contributed by atoms with Crippen molar-refractivity contribution in [1.29, 1.82) is 0 Å². The van der Waals surface area contributed by atoms with Gasteiger partial charge in [0.05, 0.1) is 0 Å². The van der Waals surface area contributed by atoms with E-state index in [4.69, 9.17) is 23.8 Å². The third-order valence-electron chi connectivity index (χ3n) is 6.45. The Morgan fingerprint density at radius 2 is 1.65 bits per heavy atom. The van der Waals surface area contributed by atoms with E-state index >= 15 is 0 Å². The molecule has 0 amide bonds. The lowest BCUT2D eigenvalue weighted by Crippen LogP contribution is -2.60. The molecule has 4 rings (SSSR count). The molecule has 3 nitrogen and oxygen atoms in total. The van der Waals surface area contributed by atoms with Crippen molar-refractivity contribution in [2.75, 3.05) is 5.32 Å². The van der Waals surface area contributed by atoms with Crippen molar-refractivity contribution in [3.63, 3.8) is 0 Å². The number of nitrogens with one attached hydrogen (secondary N) is 2. The summed E-state index contributed by atoms with van der Waals surface area (Å²) in [5, 5.41) is 8.34. The van der Waals surface area contributed by atoms with Gasteiger partial charge in [0.25, 0.3) is 0 Å². The second-order valence-corrected chi connectivity index (χ2v) is 9.10. The molecule has 2 N–H and O–H groups in total. The van der Waals surface area contributed by atoms with Crippen LogP contribution in [0.5, 0.6) is 0 Å². The summed E-state index contributed by atoms with van der Waals surface area (Å²) >= 11 is 11.6. The normalized spacial score (nSPS) is 30.0. The summed E-state index contributed by atoms with van der Waals surface area (Å²) in [6, 6.07) is 10.6. The Morgan fingerprint density at radius 1 is 0.962 bits per heavy atom. The predicted molar refractivity (Wildman–Crippen MR) is 114 cm³/mol. The molecule has 26 heavy (non-hydrogen) atoms. The second-order valence-electron chi connectivity index (χ2n) is 8.25. The predicted octanol–water partition coefficient (Wildman–Crippen LogP) is 5.34. The zero-order valence-corrected chi connectivity index (χ0v) is 17.0. The van der Waals surface area contributed by atoms with Crippen molar-refractivity contribution in [2.24, 2.45) is 0 Å². The highest BCUT2D eigenvalue weighted by molar-refractivity contribution is 7.80. The maximum absolute atomic E-state index is 6.07. The van der Waals surface area contributed by atoms with E-state index in [0.717, 1.165) is 33.9 Å². The van der Waals surface area contributed by atoms with Gasteiger partial charge in [0.2, 0.25) is 0 Å². The van der Waals surface area contributed by atoms with Crippen LogP contribution in [0.4, 0.5) is 5.69 Å². The molecule has 0 aromatic heterocycles. The van der Waals surface area contributed by atoms with Gasteiger partial charge in [-0.05, 0) is 68.9 Å². The standard InChI is InChI=1S/C21H30ClN3S/c22-15-6-4-7-16(12-15)23-21(26)24-17-13-19-10-5-11-20(14-17)25(19)18-8-2-1-3-9-18/h4,6-7,12,17-20H,1-3,5,8-11,13-14H2,(H2,23,24,26). The largest absolute Gasteiger partial charge is 0.360 e. The number of halogens is 1. The Bertz CT molecular complexity index is 617. The maximum Gasteiger partial charge on any atom is 0.170 e. The van der Waals surface area contributed by atoms with E-state index in [-0.39, 0.29) is 0 Å². The van der Waals surface area contributed by atoms with Crippen molar-refractivity contribution in [1.82, 2.24) is 10.2 Å². The lowest BCUT2D eigenvalue weighted by atomic mass is 9.78. The lowest BCUT2D eigenvalue weighted by Gasteiger charge is -2.53. The molecule has 1 aromatic rings.